The van der Waals surface area contributed by atoms with Crippen LogP contribution in [0.3, 0.4) is 0 Å². The van der Waals surface area contributed by atoms with Crippen LogP contribution in [0.2, 0.25) is 0 Å². The van der Waals surface area contributed by atoms with Crippen LogP contribution >= 0.6 is 31.9 Å². The number of hydrogen-bond acceptors (Lipinski definition) is 0. The lowest BCUT2D eigenvalue weighted by atomic mass is 10.1. The molecule has 0 saturated heterocycles. The van der Waals surface area contributed by atoms with E-state index in [0.29, 0.717) is 0 Å². The van der Waals surface area contributed by atoms with E-state index < -0.39 is 0 Å². The Morgan fingerprint density at radius 1 is 0.867 bits per heavy atom. The summed E-state index contributed by atoms with van der Waals surface area (Å²) in [4.78, 5) is 0. The van der Waals surface area contributed by atoms with E-state index in [-0.39, 0.29) is 5.82 Å². The molecule has 0 amide bonds. The first-order valence-corrected chi connectivity index (χ1v) is 5.96. The van der Waals surface area contributed by atoms with Crippen molar-refractivity contribution < 1.29 is 4.39 Å². The molecule has 2 aromatic carbocycles. The average Bonchev–Trinajstić information content (AvgIpc) is 2.23. The summed E-state index contributed by atoms with van der Waals surface area (Å²) >= 11 is 6.88. The maximum absolute atomic E-state index is 12.8. The second-order valence-electron chi connectivity index (χ2n) is 3.13. The van der Waals surface area contributed by atoms with Crippen LogP contribution in [-0.4, -0.2) is 0 Å². The Labute approximate surface area is 104 Å². The van der Waals surface area contributed by atoms with E-state index in [9.17, 15) is 4.39 Å². The lowest BCUT2D eigenvalue weighted by molar-refractivity contribution is 0.628. The molecule has 0 aliphatic rings. The topological polar surface area (TPSA) is 0 Å². The van der Waals surface area contributed by atoms with Gasteiger partial charge in [0, 0.05) is 8.95 Å². The Hall–Kier alpha value is -0.670. The minimum absolute atomic E-state index is 0.218. The van der Waals surface area contributed by atoms with Crippen molar-refractivity contribution in [2.24, 2.45) is 0 Å². The molecule has 15 heavy (non-hydrogen) atoms. The Morgan fingerprint density at radius 3 is 2.20 bits per heavy atom. The molecule has 0 nitrogen and oxygen atoms in total. The van der Waals surface area contributed by atoms with Gasteiger partial charge in [-0.2, -0.15) is 0 Å². The van der Waals surface area contributed by atoms with Crippen molar-refractivity contribution in [2.75, 3.05) is 0 Å². The van der Waals surface area contributed by atoms with Gasteiger partial charge in [0.25, 0.3) is 0 Å². The highest BCUT2D eigenvalue weighted by Gasteiger charge is 2.03. The first kappa shape index (κ1) is 10.8. The highest BCUT2D eigenvalue weighted by Crippen LogP contribution is 2.30. The maximum Gasteiger partial charge on any atom is 0.123 e. The van der Waals surface area contributed by atoms with Crippen molar-refractivity contribution in [1.29, 1.82) is 0 Å². The molecule has 2 aromatic rings. The highest BCUT2D eigenvalue weighted by molar-refractivity contribution is 9.11. The summed E-state index contributed by atoms with van der Waals surface area (Å²) in [7, 11) is 0. The number of halogens is 3. The summed E-state index contributed by atoms with van der Waals surface area (Å²) in [6, 6.07) is 12.4. The molecule has 0 aliphatic heterocycles. The van der Waals surface area contributed by atoms with Gasteiger partial charge >= 0.3 is 0 Å². The van der Waals surface area contributed by atoms with E-state index in [0.717, 1.165) is 20.1 Å². The van der Waals surface area contributed by atoms with Crippen LogP contribution in [0, 0.1) is 5.82 Å². The molecule has 0 atom stereocenters. The Morgan fingerprint density at radius 2 is 1.53 bits per heavy atom. The van der Waals surface area contributed by atoms with Crippen LogP contribution in [0.1, 0.15) is 0 Å². The third-order valence-corrected chi connectivity index (χ3v) is 3.27. The van der Waals surface area contributed by atoms with Gasteiger partial charge in [0.2, 0.25) is 0 Å². The second-order valence-corrected chi connectivity index (χ2v) is 4.90. The van der Waals surface area contributed by atoms with Gasteiger partial charge in [-0.1, -0.05) is 44.0 Å². The molecule has 0 aliphatic carbocycles. The zero-order chi connectivity index (χ0) is 10.8. The fourth-order valence-corrected chi connectivity index (χ4v) is 2.18. The molecule has 0 unspecified atom stereocenters. The first-order chi connectivity index (χ1) is 7.16. The lowest BCUT2D eigenvalue weighted by Crippen LogP contribution is -1.81. The van der Waals surface area contributed by atoms with E-state index >= 15 is 0 Å². The standard InChI is InChI=1S/C12H7Br2F/c13-9-3-6-12(14)11(7-9)8-1-4-10(15)5-2-8/h1-7H. The van der Waals surface area contributed by atoms with E-state index in [4.69, 9.17) is 0 Å². The van der Waals surface area contributed by atoms with Crippen molar-refractivity contribution in [2.45, 2.75) is 0 Å². The largest absolute Gasteiger partial charge is 0.207 e. The quantitative estimate of drug-likeness (QED) is 0.689. The summed E-state index contributed by atoms with van der Waals surface area (Å²) < 4.78 is 14.8. The third-order valence-electron chi connectivity index (χ3n) is 2.08. The zero-order valence-corrected chi connectivity index (χ0v) is 10.8. The summed E-state index contributed by atoms with van der Waals surface area (Å²) in [5.41, 5.74) is 2.04. The molecule has 0 spiro atoms. The minimum Gasteiger partial charge on any atom is -0.207 e. The SMILES string of the molecule is Fc1ccc(-c2cc(Br)ccc2Br)cc1. The Kier molecular flexibility index (Phi) is 3.22. The van der Waals surface area contributed by atoms with Gasteiger partial charge in [0.15, 0.2) is 0 Å². The average molecular weight is 330 g/mol. The zero-order valence-electron chi connectivity index (χ0n) is 7.68. The molecule has 0 fully saturated rings. The molecule has 0 aromatic heterocycles. The van der Waals surface area contributed by atoms with Gasteiger partial charge in [-0.3, -0.25) is 0 Å². The van der Waals surface area contributed by atoms with Crippen LogP contribution in [0.15, 0.2) is 51.4 Å². The number of benzene rings is 2. The Bertz CT molecular complexity index is 477. The molecular formula is C12H7Br2F. The summed E-state index contributed by atoms with van der Waals surface area (Å²) in [5, 5.41) is 0. The molecular weight excluding hydrogens is 323 g/mol. The number of rotatable bonds is 1. The van der Waals surface area contributed by atoms with Crippen LogP contribution in [-0.2, 0) is 0 Å². The summed E-state index contributed by atoms with van der Waals surface area (Å²) in [6.45, 7) is 0. The van der Waals surface area contributed by atoms with Crippen LogP contribution < -0.4 is 0 Å². The first-order valence-electron chi connectivity index (χ1n) is 4.38. The van der Waals surface area contributed by atoms with Gasteiger partial charge < -0.3 is 0 Å². The summed E-state index contributed by atoms with van der Waals surface area (Å²) in [5.74, 6) is -0.218. The Balaban J connectivity index is 2.53. The van der Waals surface area contributed by atoms with Crippen molar-refractivity contribution >= 4 is 31.9 Å². The third kappa shape index (κ3) is 2.47. The van der Waals surface area contributed by atoms with Gasteiger partial charge in [0.1, 0.15) is 5.82 Å². The fraction of sp³-hybridized carbons (Fsp3) is 0. The van der Waals surface area contributed by atoms with Crippen molar-refractivity contribution in [1.82, 2.24) is 0 Å². The highest BCUT2D eigenvalue weighted by atomic mass is 79.9. The van der Waals surface area contributed by atoms with E-state index in [1.165, 1.54) is 12.1 Å². The number of hydrogen-bond donors (Lipinski definition) is 0. The molecule has 0 N–H and O–H groups in total. The molecule has 0 heterocycles. The maximum atomic E-state index is 12.8. The normalized spacial score (nSPS) is 10.3. The van der Waals surface area contributed by atoms with Gasteiger partial charge in [0.05, 0.1) is 0 Å². The van der Waals surface area contributed by atoms with Crippen LogP contribution in [0.4, 0.5) is 4.39 Å². The van der Waals surface area contributed by atoms with Crippen LogP contribution in [0.5, 0.6) is 0 Å². The smallest absolute Gasteiger partial charge is 0.123 e. The van der Waals surface area contributed by atoms with Gasteiger partial charge in [-0.05, 0) is 41.5 Å². The minimum atomic E-state index is -0.218. The monoisotopic (exact) mass is 328 g/mol. The van der Waals surface area contributed by atoms with E-state index in [1.807, 2.05) is 18.2 Å². The fourth-order valence-electron chi connectivity index (χ4n) is 1.35. The van der Waals surface area contributed by atoms with E-state index in [2.05, 4.69) is 31.9 Å². The van der Waals surface area contributed by atoms with Crippen molar-refractivity contribution in [3.8, 4) is 11.1 Å². The van der Waals surface area contributed by atoms with Crippen molar-refractivity contribution in [3.63, 3.8) is 0 Å². The molecule has 0 saturated carbocycles. The lowest BCUT2D eigenvalue weighted by Gasteiger charge is -2.05. The predicted molar refractivity (Wildman–Crippen MR) is 67.2 cm³/mol. The van der Waals surface area contributed by atoms with E-state index in [1.54, 1.807) is 12.1 Å². The molecule has 2 rings (SSSR count). The second kappa shape index (κ2) is 4.45. The molecule has 0 bridgehead atoms. The van der Waals surface area contributed by atoms with Gasteiger partial charge in [-0.15, -0.1) is 0 Å². The van der Waals surface area contributed by atoms with Crippen LogP contribution in [0.25, 0.3) is 11.1 Å². The molecule has 3 heteroatoms. The predicted octanol–water partition coefficient (Wildman–Crippen LogP) is 5.02. The summed E-state index contributed by atoms with van der Waals surface area (Å²) in [6.07, 6.45) is 0. The molecule has 76 valence electrons. The van der Waals surface area contributed by atoms with Gasteiger partial charge in [-0.25, -0.2) is 4.39 Å². The molecule has 0 radical (unpaired) electrons. The van der Waals surface area contributed by atoms with Crippen molar-refractivity contribution in [3.05, 3.63) is 57.2 Å².